The summed E-state index contributed by atoms with van der Waals surface area (Å²) in [6.45, 7) is 3.20. The number of benzene rings is 2. The number of nitrogens with zero attached hydrogens (tertiary/aromatic N) is 1. The number of hydrogen-bond acceptors (Lipinski definition) is 4. The number of carbonyl (C=O) groups excluding carboxylic acids is 1. The van der Waals surface area contributed by atoms with Crippen LogP contribution in [0, 0.1) is 10.1 Å². The summed E-state index contributed by atoms with van der Waals surface area (Å²) in [5.41, 5.74) is 0.562. The van der Waals surface area contributed by atoms with Crippen LogP contribution in [0.25, 0.3) is 0 Å². The van der Waals surface area contributed by atoms with Gasteiger partial charge in [0, 0.05) is 29.8 Å². The van der Waals surface area contributed by atoms with Gasteiger partial charge in [-0.1, -0.05) is 60.6 Å². The number of halogens is 3. The van der Waals surface area contributed by atoms with Crippen LogP contribution in [0.4, 0.5) is 16.2 Å². The minimum absolute atomic E-state index is 0.00733. The van der Waals surface area contributed by atoms with Crippen LogP contribution in [0.2, 0.25) is 15.1 Å². The monoisotopic (exact) mass is 512 g/mol. The first-order chi connectivity index (χ1) is 15.7. The molecule has 0 radical (unpaired) electrons. The first kappa shape index (κ1) is 25.6. The Kier molecular flexibility index (Phi) is 8.82. The van der Waals surface area contributed by atoms with E-state index in [0.717, 1.165) is 18.5 Å². The van der Waals surface area contributed by atoms with Crippen molar-refractivity contribution in [2.24, 2.45) is 0 Å². The van der Waals surface area contributed by atoms with E-state index in [-0.39, 0.29) is 16.4 Å². The maximum absolute atomic E-state index is 12.6. The highest BCUT2D eigenvalue weighted by Gasteiger charge is 2.28. The summed E-state index contributed by atoms with van der Waals surface area (Å²) in [6, 6.07) is 9.71. The molecule has 1 aliphatic carbocycles. The summed E-state index contributed by atoms with van der Waals surface area (Å²) < 4.78 is 0. The number of nitrogens with one attached hydrogen (secondary N) is 3. The minimum Gasteiger partial charge on any atom is -0.337 e. The van der Waals surface area contributed by atoms with Gasteiger partial charge in [0.05, 0.1) is 15.0 Å². The minimum atomic E-state index is -0.593. The van der Waals surface area contributed by atoms with Crippen molar-refractivity contribution in [1.82, 2.24) is 10.6 Å². The maximum atomic E-state index is 12.6. The molecular formula is C23H27Cl3N4O3. The number of nitro benzene ring substituents is 1. The van der Waals surface area contributed by atoms with Gasteiger partial charge < -0.3 is 16.0 Å². The number of amides is 2. The van der Waals surface area contributed by atoms with Gasteiger partial charge >= 0.3 is 6.03 Å². The van der Waals surface area contributed by atoms with Crippen LogP contribution >= 0.6 is 34.8 Å². The zero-order valence-electron chi connectivity index (χ0n) is 18.3. The van der Waals surface area contributed by atoms with E-state index >= 15 is 0 Å². The van der Waals surface area contributed by atoms with Gasteiger partial charge in [-0.3, -0.25) is 10.1 Å². The van der Waals surface area contributed by atoms with Crippen molar-refractivity contribution in [3.05, 3.63) is 67.1 Å². The lowest BCUT2D eigenvalue weighted by molar-refractivity contribution is -0.384. The first-order valence-corrected chi connectivity index (χ1v) is 12.0. The number of urea groups is 1. The molecule has 0 bridgehead atoms. The van der Waals surface area contributed by atoms with Gasteiger partial charge in [-0.25, -0.2) is 4.79 Å². The number of carbonyl (C=O) groups is 1. The lowest BCUT2D eigenvalue weighted by Crippen LogP contribution is -2.43. The molecular weight excluding hydrogens is 487 g/mol. The van der Waals surface area contributed by atoms with E-state index in [0.29, 0.717) is 22.6 Å². The fourth-order valence-corrected chi connectivity index (χ4v) is 4.55. The highest BCUT2D eigenvalue weighted by molar-refractivity contribution is 6.42. The molecule has 0 aliphatic heterocycles. The molecule has 0 saturated heterocycles. The normalized spacial score (nSPS) is 15.8. The van der Waals surface area contributed by atoms with Crippen molar-refractivity contribution < 1.29 is 9.72 Å². The highest BCUT2D eigenvalue weighted by Crippen LogP contribution is 2.33. The Balaban J connectivity index is 1.68. The van der Waals surface area contributed by atoms with Crippen LogP contribution in [0.15, 0.2) is 36.4 Å². The van der Waals surface area contributed by atoms with Gasteiger partial charge in [-0.15, -0.1) is 0 Å². The highest BCUT2D eigenvalue weighted by atomic mass is 35.5. The van der Waals surface area contributed by atoms with Crippen molar-refractivity contribution in [3.8, 4) is 0 Å². The predicted molar refractivity (Wildman–Crippen MR) is 134 cm³/mol. The summed E-state index contributed by atoms with van der Waals surface area (Å²) in [7, 11) is 0. The molecule has 1 saturated carbocycles. The van der Waals surface area contributed by atoms with Crippen molar-refractivity contribution >= 4 is 52.2 Å². The van der Waals surface area contributed by atoms with Gasteiger partial charge in [0.25, 0.3) is 5.69 Å². The van der Waals surface area contributed by atoms with E-state index in [2.05, 4.69) is 22.9 Å². The molecule has 178 valence electrons. The second-order valence-corrected chi connectivity index (χ2v) is 9.83. The standard InChI is InChI=1S/C23H27Cl3N4O3/c1-23(10-11-27-16-4-2-3-5-16,15-6-8-18(24)20(26)12-15)14-28-22(31)29-17-7-9-19(25)21(13-17)30(32)33/h6-9,12-13,16,27H,2-5,10-11,14H2,1H3,(H2,28,29,31). The molecule has 3 rings (SSSR count). The van der Waals surface area contributed by atoms with E-state index < -0.39 is 16.4 Å². The second kappa shape index (κ2) is 11.4. The molecule has 2 aromatic carbocycles. The number of rotatable bonds is 9. The largest absolute Gasteiger partial charge is 0.337 e. The average molecular weight is 514 g/mol. The number of anilines is 1. The maximum Gasteiger partial charge on any atom is 0.319 e. The molecule has 1 fully saturated rings. The van der Waals surface area contributed by atoms with Gasteiger partial charge in [0.2, 0.25) is 0 Å². The zero-order valence-corrected chi connectivity index (χ0v) is 20.6. The van der Waals surface area contributed by atoms with Crippen LogP contribution in [-0.4, -0.2) is 30.1 Å². The molecule has 0 spiro atoms. The van der Waals surface area contributed by atoms with E-state index in [4.69, 9.17) is 34.8 Å². The molecule has 3 N–H and O–H groups in total. The Labute approximate surface area is 208 Å². The third-order valence-corrected chi connectivity index (χ3v) is 7.18. The van der Waals surface area contributed by atoms with Gasteiger partial charge in [0.15, 0.2) is 0 Å². The molecule has 7 nitrogen and oxygen atoms in total. The molecule has 2 aromatic rings. The Morgan fingerprint density at radius 2 is 1.79 bits per heavy atom. The molecule has 1 unspecified atom stereocenters. The van der Waals surface area contributed by atoms with Gasteiger partial charge in [0.1, 0.15) is 5.02 Å². The third-order valence-electron chi connectivity index (χ3n) is 6.12. The van der Waals surface area contributed by atoms with Crippen molar-refractivity contribution in [2.45, 2.75) is 50.5 Å². The first-order valence-electron chi connectivity index (χ1n) is 10.9. The lowest BCUT2D eigenvalue weighted by atomic mass is 9.79. The molecule has 33 heavy (non-hydrogen) atoms. The number of nitro groups is 1. The van der Waals surface area contributed by atoms with Crippen LogP contribution < -0.4 is 16.0 Å². The van der Waals surface area contributed by atoms with Crippen molar-refractivity contribution in [3.63, 3.8) is 0 Å². The van der Waals surface area contributed by atoms with Gasteiger partial charge in [-0.05, 0) is 55.6 Å². The Morgan fingerprint density at radius 3 is 2.45 bits per heavy atom. The molecule has 1 aliphatic rings. The second-order valence-electron chi connectivity index (χ2n) is 8.61. The smallest absolute Gasteiger partial charge is 0.319 e. The summed E-state index contributed by atoms with van der Waals surface area (Å²) in [4.78, 5) is 23.1. The van der Waals surface area contributed by atoms with Crippen molar-refractivity contribution in [2.75, 3.05) is 18.4 Å². The molecule has 0 heterocycles. The van der Waals surface area contributed by atoms with Crippen LogP contribution in [0.5, 0.6) is 0 Å². The topological polar surface area (TPSA) is 96.3 Å². The average Bonchev–Trinajstić information content (AvgIpc) is 3.29. The quantitative estimate of drug-likeness (QED) is 0.261. The van der Waals surface area contributed by atoms with E-state index in [1.165, 1.54) is 43.9 Å². The molecule has 10 heteroatoms. The summed E-state index contributed by atoms with van der Waals surface area (Å²) in [6.07, 6.45) is 5.67. The Morgan fingerprint density at radius 1 is 1.09 bits per heavy atom. The SMILES string of the molecule is CC(CCNC1CCCC1)(CNC(=O)Nc1ccc(Cl)c([N+](=O)[O-])c1)c1ccc(Cl)c(Cl)c1. The number of hydrogen-bond donors (Lipinski definition) is 3. The van der Waals surface area contributed by atoms with Crippen LogP contribution in [0.1, 0.15) is 44.6 Å². The van der Waals surface area contributed by atoms with Crippen LogP contribution in [0.3, 0.4) is 0 Å². The summed E-state index contributed by atoms with van der Waals surface area (Å²) >= 11 is 18.2. The molecule has 0 aromatic heterocycles. The van der Waals surface area contributed by atoms with Crippen molar-refractivity contribution in [1.29, 1.82) is 0 Å². The van der Waals surface area contributed by atoms with E-state index in [9.17, 15) is 14.9 Å². The zero-order chi connectivity index (χ0) is 24.0. The lowest BCUT2D eigenvalue weighted by Gasteiger charge is -2.31. The predicted octanol–water partition coefficient (Wildman–Crippen LogP) is 6.56. The molecule has 2 amide bonds. The van der Waals surface area contributed by atoms with E-state index in [1.807, 2.05) is 12.1 Å². The Hall–Kier alpha value is -2.06. The van der Waals surface area contributed by atoms with Gasteiger partial charge in [-0.2, -0.15) is 0 Å². The van der Waals surface area contributed by atoms with E-state index in [1.54, 1.807) is 6.07 Å². The van der Waals surface area contributed by atoms with Crippen LogP contribution in [-0.2, 0) is 5.41 Å². The molecule has 1 atom stereocenters. The fraction of sp³-hybridized carbons (Fsp3) is 0.435. The summed E-state index contributed by atoms with van der Waals surface area (Å²) in [5.74, 6) is 0. The Bertz CT molecular complexity index is 1010. The third kappa shape index (κ3) is 6.96. The summed E-state index contributed by atoms with van der Waals surface area (Å²) in [5, 5.41) is 21.2. The fourth-order valence-electron chi connectivity index (χ4n) is 4.07.